The standard InChI is InChI=1S/C20H34O5/c1-2-3-6-9-15(21)12-13-17-16(18(22)14-19(17)23)10-7-4-5-8-11-20(24)25/h12-13,15-17,19,21,23H,2-11,14H2,1H3,(H,24,25)/b13-12+/t15?,16-,17?,19?/m1/s1. The fourth-order valence-electron chi connectivity index (χ4n) is 3.54. The van der Waals surface area contributed by atoms with Gasteiger partial charge in [0.2, 0.25) is 0 Å². The molecule has 5 nitrogen and oxygen atoms in total. The molecule has 1 aliphatic rings. The van der Waals surface area contributed by atoms with Gasteiger partial charge in [0.15, 0.2) is 0 Å². The van der Waals surface area contributed by atoms with Crippen molar-refractivity contribution in [3.8, 4) is 0 Å². The Bertz CT molecular complexity index is 432. The van der Waals surface area contributed by atoms with E-state index in [1.165, 1.54) is 0 Å². The van der Waals surface area contributed by atoms with Crippen molar-refractivity contribution in [1.82, 2.24) is 0 Å². The van der Waals surface area contributed by atoms with Crippen molar-refractivity contribution >= 4 is 11.8 Å². The first-order chi connectivity index (χ1) is 12.0. The number of aliphatic hydroxyl groups is 2. The molecule has 0 spiro atoms. The van der Waals surface area contributed by atoms with Crippen molar-refractivity contribution in [2.75, 3.05) is 0 Å². The van der Waals surface area contributed by atoms with Crippen LogP contribution in [0.3, 0.4) is 0 Å². The monoisotopic (exact) mass is 354 g/mol. The van der Waals surface area contributed by atoms with Gasteiger partial charge in [0.05, 0.1) is 12.2 Å². The van der Waals surface area contributed by atoms with Gasteiger partial charge in [-0.1, -0.05) is 57.6 Å². The number of ketones is 1. The molecule has 3 unspecified atom stereocenters. The van der Waals surface area contributed by atoms with Gasteiger partial charge in [-0.3, -0.25) is 9.59 Å². The third-order valence-corrected chi connectivity index (χ3v) is 5.05. The molecule has 0 bridgehead atoms. The van der Waals surface area contributed by atoms with E-state index in [-0.39, 0.29) is 30.5 Å². The molecule has 25 heavy (non-hydrogen) atoms. The van der Waals surface area contributed by atoms with Crippen molar-refractivity contribution in [3.05, 3.63) is 12.2 Å². The molecular formula is C20H34O5. The maximum Gasteiger partial charge on any atom is 0.303 e. The van der Waals surface area contributed by atoms with Gasteiger partial charge in [-0.25, -0.2) is 0 Å². The summed E-state index contributed by atoms with van der Waals surface area (Å²) in [5.74, 6) is -1.04. The molecule has 5 heteroatoms. The normalized spacial score (nSPS) is 24.9. The van der Waals surface area contributed by atoms with E-state index in [9.17, 15) is 19.8 Å². The number of hydrogen-bond donors (Lipinski definition) is 3. The Kier molecular flexibility index (Phi) is 10.7. The van der Waals surface area contributed by atoms with Gasteiger partial charge in [-0.15, -0.1) is 0 Å². The van der Waals surface area contributed by atoms with E-state index in [0.29, 0.717) is 6.42 Å². The van der Waals surface area contributed by atoms with Crippen LogP contribution in [0.5, 0.6) is 0 Å². The van der Waals surface area contributed by atoms with E-state index in [0.717, 1.165) is 51.4 Å². The molecule has 1 rings (SSSR count). The lowest BCUT2D eigenvalue weighted by Crippen LogP contribution is -2.19. The molecule has 144 valence electrons. The number of rotatable bonds is 13. The highest BCUT2D eigenvalue weighted by atomic mass is 16.4. The summed E-state index contributed by atoms with van der Waals surface area (Å²) in [6, 6.07) is 0. The van der Waals surface area contributed by atoms with Crippen LogP contribution in [0.2, 0.25) is 0 Å². The first-order valence-corrected chi connectivity index (χ1v) is 9.74. The predicted octanol–water partition coefficient (Wildman–Crippen LogP) is 3.48. The highest BCUT2D eigenvalue weighted by molar-refractivity contribution is 5.84. The topological polar surface area (TPSA) is 94.8 Å². The summed E-state index contributed by atoms with van der Waals surface area (Å²) in [4.78, 5) is 22.6. The first-order valence-electron chi connectivity index (χ1n) is 9.74. The second-order valence-corrected chi connectivity index (χ2v) is 7.22. The smallest absolute Gasteiger partial charge is 0.303 e. The number of carbonyl (C=O) groups is 2. The van der Waals surface area contributed by atoms with Gasteiger partial charge in [0, 0.05) is 24.7 Å². The number of Topliss-reactive ketones (excluding diaryl/α,β-unsaturated/α-hetero) is 1. The minimum Gasteiger partial charge on any atom is -0.481 e. The Morgan fingerprint density at radius 1 is 1.20 bits per heavy atom. The third-order valence-electron chi connectivity index (χ3n) is 5.05. The van der Waals surface area contributed by atoms with Crippen molar-refractivity contribution < 1.29 is 24.9 Å². The van der Waals surface area contributed by atoms with Crippen LogP contribution < -0.4 is 0 Å². The van der Waals surface area contributed by atoms with Crippen LogP contribution in [0.1, 0.15) is 77.6 Å². The predicted molar refractivity (Wildman–Crippen MR) is 97.2 cm³/mol. The van der Waals surface area contributed by atoms with Crippen LogP contribution in [0.4, 0.5) is 0 Å². The van der Waals surface area contributed by atoms with Crippen LogP contribution in [0.25, 0.3) is 0 Å². The Morgan fingerprint density at radius 3 is 2.60 bits per heavy atom. The van der Waals surface area contributed by atoms with Crippen LogP contribution >= 0.6 is 0 Å². The van der Waals surface area contributed by atoms with E-state index in [2.05, 4.69) is 6.92 Å². The highest BCUT2D eigenvalue weighted by Gasteiger charge is 2.39. The number of carboxylic acid groups (broad SMARTS) is 1. The largest absolute Gasteiger partial charge is 0.481 e. The van der Waals surface area contributed by atoms with Crippen molar-refractivity contribution in [2.24, 2.45) is 11.8 Å². The molecule has 0 aromatic rings. The summed E-state index contributed by atoms with van der Waals surface area (Å²) in [5, 5.41) is 28.7. The maximum absolute atomic E-state index is 12.1. The molecule has 0 saturated heterocycles. The third kappa shape index (κ3) is 8.63. The summed E-state index contributed by atoms with van der Waals surface area (Å²) in [6.45, 7) is 2.12. The SMILES string of the molecule is CCCCCC(O)/C=C/C1C(O)CC(=O)[C@@H]1CCCCCCC(=O)O. The van der Waals surface area contributed by atoms with Crippen molar-refractivity contribution in [2.45, 2.75) is 89.8 Å². The zero-order chi connectivity index (χ0) is 18.7. The second kappa shape index (κ2) is 12.2. The Hall–Kier alpha value is -1.20. The second-order valence-electron chi connectivity index (χ2n) is 7.22. The first kappa shape index (κ1) is 21.8. The van der Waals surface area contributed by atoms with E-state index < -0.39 is 18.2 Å². The lowest BCUT2D eigenvalue weighted by atomic mass is 9.88. The molecule has 0 amide bonds. The number of carbonyl (C=O) groups excluding carboxylic acids is 1. The van der Waals surface area contributed by atoms with Gasteiger partial charge in [-0.05, 0) is 19.3 Å². The summed E-state index contributed by atoms with van der Waals surface area (Å²) < 4.78 is 0. The molecule has 0 aliphatic heterocycles. The van der Waals surface area contributed by atoms with Crippen molar-refractivity contribution in [3.63, 3.8) is 0 Å². The van der Waals surface area contributed by atoms with Crippen molar-refractivity contribution in [1.29, 1.82) is 0 Å². The fourth-order valence-corrected chi connectivity index (χ4v) is 3.54. The zero-order valence-corrected chi connectivity index (χ0v) is 15.4. The lowest BCUT2D eigenvalue weighted by molar-refractivity contribution is -0.137. The Labute approximate surface area is 151 Å². The molecule has 0 aromatic heterocycles. The number of aliphatic carboxylic acids is 1. The molecule has 0 heterocycles. The van der Waals surface area contributed by atoms with Gasteiger partial charge in [0.25, 0.3) is 0 Å². The number of aliphatic hydroxyl groups excluding tert-OH is 2. The van der Waals surface area contributed by atoms with Crippen LogP contribution in [0, 0.1) is 11.8 Å². The Morgan fingerprint density at radius 2 is 1.92 bits per heavy atom. The Balaban J connectivity index is 2.39. The molecule has 0 radical (unpaired) electrons. The minimum atomic E-state index is -0.767. The maximum atomic E-state index is 12.1. The molecular weight excluding hydrogens is 320 g/mol. The van der Waals surface area contributed by atoms with Crippen LogP contribution in [0.15, 0.2) is 12.2 Å². The number of unbranched alkanes of at least 4 members (excludes halogenated alkanes) is 5. The molecule has 0 aromatic carbocycles. The van der Waals surface area contributed by atoms with Crippen LogP contribution in [-0.4, -0.2) is 39.3 Å². The molecule has 1 aliphatic carbocycles. The van der Waals surface area contributed by atoms with Gasteiger partial charge < -0.3 is 15.3 Å². The lowest BCUT2D eigenvalue weighted by Gasteiger charge is -2.18. The van der Waals surface area contributed by atoms with Crippen LogP contribution in [-0.2, 0) is 9.59 Å². The fraction of sp³-hybridized carbons (Fsp3) is 0.800. The quantitative estimate of drug-likeness (QED) is 0.348. The molecule has 1 fully saturated rings. The minimum absolute atomic E-state index is 0.105. The molecule has 3 N–H and O–H groups in total. The molecule has 4 atom stereocenters. The highest BCUT2D eigenvalue weighted by Crippen LogP contribution is 2.34. The van der Waals surface area contributed by atoms with Gasteiger partial charge in [0.1, 0.15) is 5.78 Å². The number of carboxylic acids is 1. The van der Waals surface area contributed by atoms with E-state index in [4.69, 9.17) is 5.11 Å². The van der Waals surface area contributed by atoms with E-state index in [1.807, 2.05) is 6.08 Å². The average Bonchev–Trinajstić information content (AvgIpc) is 2.82. The summed E-state index contributed by atoms with van der Waals surface area (Å²) >= 11 is 0. The summed E-state index contributed by atoms with van der Waals surface area (Å²) in [6.07, 6.45) is 10.7. The number of hydrogen-bond acceptors (Lipinski definition) is 4. The van der Waals surface area contributed by atoms with Gasteiger partial charge >= 0.3 is 5.97 Å². The zero-order valence-electron chi connectivity index (χ0n) is 15.4. The van der Waals surface area contributed by atoms with E-state index >= 15 is 0 Å². The summed E-state index contributed by atoms with van der Waals surface area (Å²) in [7, 11) is 0. The molecule has 1 saturated carbocycles. The summed E-state index contributed by atoms with van der Waals surface area (Å²) in [5.41, 5.74) is 0. The van der Waals surface area contributed by atoms with E-state index in [1.54, 1.807) is 6.08 Å². The average molecular weight is 354 g/mol. The van der Waals surface area contributed by atoms with Gasteiger partial charge in [-0.2, -0.15) is 0 Å².